The SMILES string of the molecule is CC(C)c1cccc(-c2cc(CNC(NC(N)c3ccccc3)c3ccccc3)cc(-c3ccc4cc(-c5nc6ccccc6c6ccncc56)ccc4c3)c2)c1. The Kier molecular flexibility index (Phi) is 10.1. The summed E-state index contributed by atoms with van der Waals surface area (Å²) in [5.74, 6) is 0.435. The minimum atomic E-state index is -0.338. The summed E-state index contributed by atoms with van der Waals surface area (Å²) in [7, 11) is 0. The lowest BCUT2D eigenvalue weighted by Crippen LogP contribution is -2.39. The van der Waals surface area contributed by atoms with Gasteiger partial charge in [-0.25, -0.2) is 4.98 Å². The highest BCUT2D eigenvalue weighted by atomic mass is 15.2. The normalized spacial score (nSPS) is 12.7. The summed E-state index contributed by atoms with van der Waals surface area (Å²) in [6.07, 6.45) is 3.29. The molecule has 0 radical (unpaired) electrons. The highest BCUT2D eigenvalue weighted by Crippen LogP contribution is 2.36. The fraction of sp³-hybridized carbons (Fsp3) is 0.115. The van der Waals surface area contributed by atoms with Crippen LogP contribution >= 0.6 is 0 Å². The molecule has 0 aliphatic carbocycles. The summed E-state index contributed by atoms with van der Waals surface area (Å²) in [5, 5.41) is 13.2. The zero-order valence-electron chi connectivity index (χ0n) is 32.2. The molecule has 2 aromatic heterocycles. The van der Waals surface area contributed by atoms with E-state index in [1.807, 2.05) is 42.7 Å². The minimum Gasteiger partial charge on any atom is -0.312 e. The van der Waals surface area contributed by atoms with Crippen molar-refractivity contribution in [2.24, 2.45) is 5.73 Å². The highest BCUT2D eigenvalue weighted by molar-refractivity contribution is 6.11. The van der Waals surface area contributed by atoms with Gasteiger partial charge in [0.15, 0.2) is 0 Å². The molecule has 0 saturated carbocycles. The number of hydrogen-bond acceptors (Lipinski definition) is 5. The van der Waals surface area contributed by atoms with Crippen molar-refractivity contribution in [3.63, 3.8) is 0 Å². The fourth-order valence-electron chi connectivity index (χ4n) is 7.87. The molecule has 9 aromatic rings. The van der Waals surface area contributed by atoms with Gasteiger partial charge in [-0.05, 0) is 109 Å². The molecule has 0 fully saturated rings. The molecule has 0 spiro atoms. The molecule has 57 heavy (non-hydrogen) atoms. The monoisotopic (exact) mass is 739 g/mol. The third-order valence-corrected chi connectivity index (χ3v) is 11.0. The molecule has 278 valence electrons. The van der Waals surface area contributed by atoms with Crippen LogP contribution in [0.25, 0.3) is 66.0 Å². The zero-order valence-corrected chi connectivity index (χ0v) is 32.2. The Hall–Kier alpha value is -6.50. The van der Waals surface area contributed by atoms with Crippen LogP contribution in [0.3, 0.4) is 0 Å². The number of nitrogens with one attached hydrogen (secondary N) is 2. The summed E-state index contributed by atoms with van der Waals surface area (Å²) in [6, 6.07) is 60.4. The largest absolute Gasteiger partial charge is 0.312 e. The van der Waals surface area contributed by atoms with Crippen LogP contribution in [0.2, 0.25) is 0 Å². The van der Waals surface area contributed by atoms with Crippen molar-refractivity contribution in [3.8, 4) is 33.5 Å². The molecule has 0 bridgehead atoms. The first-order valence-electron chi connectivity index (χ1n) is 19.7. The van der Waals surface area contributed by atoms with Gasteiger partial charge in [0.05, 0.1) is 23.5 Å². The molecule has 0 amide bonds. The Morgan fingerprint density at radius 2 is 1.18 bits per heavy atom. The Labute approximate surface area is 334 Å². The second-order valence-corrected chi connectivity index (χ2v) is 15.2. The maximum absolute atomic E-state index is 6.72. The third kappa shape index (κ3) is 7.69. The van der Waals surface area contributed by atoms with E-state index in [1.165, 1.54) is 38.8 Å². The fourth-order valence-corrected chi connectivity index (χ4v) is 7.87. The zero-order chi connectivity index (χ0) is 38.7. The molecule has 4 N–H and O–H groups in total. The second-order valence-electron chi connectivity index (χ2n) is 15.2. The maximum Gasteiger partial charge on any atom is 0.0852 e. The van der Waals surface area contributed by atoms with Crippen LogP contribution in [-0.2, 0) is 6.54 Å². The number of aromatic nitrogens is 2. The predicted octanol–water partition coefficient (Wildman–Crippen LogP) is 12.1. The van der Waals surface area contributed by atoms with Gasteiger partial charge < -0.3 is 5.73 Å². The van der Waals surface area contributed by atoms with Crippen LogP contribution in [0.4, 0.5) is 0 Å². The van der Waals surface area contributed by atoms with E-state index in [0.29, 0.717) is 12.5 Å². The van der Waals surface area contributed by atoms with Crippen molar-refractivity contribution >= 4 is 32.4 Å². The van der Waals surface area contributed by atoms with E-state index in [-0.39, 0.29) is 12.3 Å². The molecule has 7 aromatic carbocycles. The Balaban J connectivity index is 1.08. The number of nitrogens with two attached hydrogens (primary N) is 1. The first-order valence-corrected chi connectivity index (χ1v) is 19.7. The van der Waals surface area contributed by atoms with Crippen LogP contribution in [0, 0.1) is 0 Å². The Morgan fingerprint density at radius 3 is 1.93 bits per heavy atom. The minimum absolute atomic E-state index is 0.169. The van der Waals surface area contributed by atoms with Crippen LogP contribution in [0.15, 0.2) is 182 Å². The Bertz CT molecular complexity index is 2830. The van der Waals surface area contributed by atoms with Gasteiger partial charge in [0, 0.05) is 35.3 Å². The number of hydrogen-bond donors (Lipinski definition) is 3. The van der Waals surface area contributed by atoms with Crippen LogP contribution in [-0.4, -0.2) is 9.97 Å². The molecule has 0 saturated heterocycles. The van der Waals surface area contributed by atoms with Crippen LogP contribution in [0.5, 0.6) is 0 Å². The van der Waals surface area contributed by atoms with Crippen molar-refractivity contribution in [3.05, 3.63) is 205 Å². The summed E-state index contributed by atoms with van der Waals surface area (Å²) in [6.45, 7) is 5.13. The molecule has 5 heteroatoms. The second kappa shape index (κ2) is 15.9. The van der Waals surface area contributed by atoms with Crippen molar-refractivity contribution in [2.75, 3.05) is 0 Å². The lowest BCUT2D eigenvalue weighted by atomic mass is 9.92. The number of benzene rings is 7. The average molecular weight is 740 g/mol. The number of rotatable bonds is 11. The number of fused-ring (bicyclic) bond motifs is 4. The highest BCUT2D eigenvalue weighted by Gasteiger charge is 2.17. The standard InChI is InChI=1S/C52H45N5/c1-34(2)38-16-11-17-39(28-38)44-26-35(32-55-52(37-14-7-4-8-15-37)57-51(53)36-12-5-3-6-13-36)27-45(31-44)42-21-20-41-30-43(23-22-40(41)29-42)50-48-33-54-25-24-46(48)47-18-9-10-19-49(47)56-50/h3-31,33-34,51-52,55,57H,32,53H2,1-2H3. The van der Waals surface area contributed by atoms with Gasteiger partial charge >= 0.3 is 0 Å². The van der Waals surface area contributed by atoms with E-state index in [2.05, 4.69) is 169 Å². The summed E-state index contributed by atoms with van der Waals surface area (Å²) in [4.78, 5) is 9.61. The number of para-hydroxylation sites is 1. The lowest BCUT2D eigenvalue weighted by Gasteiger charge is -2.25. The van der Waals surface area contributed by atoms with Gasteiger partial charge in [-0.1, -0.05) is 141 Å². The van der Waals surface area contributed by atoms with E-state index < -0.39 is 0 Å². The van der Waals surface area contributed by atoms with Crippen LogP contribution in [0.1, 0.15) is 54.4 Å². The van der Waals surface area contributed by atoms with E-state index in [9.17, 15) is 0 Å². The third-order valence-electron chi connectivity index (χ3n) is 11.0. The molecular weight excluding hydrogens is 695 g/mol. The van der Waals surface area contributed by atoms with Gasteiger partial charge in [-0.15, -0.1) is 0 Å². The summed E-state index contributed by atoms with van der Waals surface area (Å²) < 4.78 is 0. The molecule has 2 heterocycles. The van der Waals surface area contributed by atoms with Gasteiger partial charge in [0.2, 0.25) is 0 Å². The molecular formula is C52H45N5. The van der Waals surface area contributed by atoms with Crippen LogP contribution < -0.4 is 16.4 Å². The van der Waals surface area contributed by atoms with Crippen molar-refractivity contribution in [1.82, 2.24) is 20.6 Å². The van der Waals surface area contributed by atoms with E-state index in [0.717, 1.165) is 49.4 Å². The first kappa shape index (κ1) is 36.2. The van der Waals surface area contributed by atoms with Crippen molar-refractivity contribution in [1.29, 1.82) is 0 Å². The van der Waals surface area contributed by atoms with E-state index >= 15 is 0 Å². The molecule has 0 aliphatic heterocycles. The van der Waals surface area contributed by atoms with Crippen molar-refractivity contribution < 1.29 is 0 Å². The van der Waals surface area contributed by atoms with E-state index in [4.69, 9.17) is 10.7 Å². The smallest absolute Gasteiger partial charge is 0.0852 e. The Morgan fingerprint density at radius 1 is 0.526 bits per heavy atom. The molecule has 2 unspecified atom stereocenters. The summed E-state index contributed by atoms with van der Waals surface area (Å²) in [5.41, 5.74) is 19.1. The van der Waals surface area contributed by atoms with Gasteiger partial charge in [0.1, 0.15) is 0 Å². The average Bonchev–Trinajstić information content (AvgIpc) is 3.27. The first-order chi connectivity index (χ1) is 28.0. The predicted molar refractivity (Wildman–Crippen MR) is 237 cm³/mol. The molecule has 2 atom stereocenters. The number of pyridine rings is 2. The topological polar surface area (TPSA) is 75.9 Å². The number of nitrogens with zero attached hydrogens (tertiary/aromatic N) is 2. The van der Waals surface area contributed by atoms with E-state index in [1.54, 1.807) is 0 Å². The molecule has 5 nitrogen and oxygen atoms in total. The van der Waals surface area contributed by atoms with Gasteiger partial charge in [-0.2, -0.15) is 0 Å². The van der Waals surface area contributed by atoms with Gasteiger partial charge in [0.25, 0.3) is 0 Å². The molecule has 9 rings (SSSR count). The summed E-state index contributed by atoms with van der Waals surface area (Å²) >= 11 is 0. The molecule has 0 aliphatic rings. The maximum atomic E-state index is 6.72. The quantitative estimate of drug-likeness (QED) is 0.0909. The lowest BCUT2D eigenvalue weighted by molar-refractivity contribution is 0.386. The van der Waals surface area contributed by atoms with Gasteiger partial charge in [-0.3, -0.25) is 15.6 Å². The van der Waals surface area contributed by atoms with Crippen molar-refractivity contribution in [2.45, 2.75) is 38.6 Å².